The molecule has 2 aliphatic heterocycles. The van der Waals surface area contributed by atoms with Crippen molar-refractivity contribution in [2.45, 2.75) is 20.3 Å². The predicted octanol–water partition coefficient (Wildman–Crippen LogP) is 1.48. The molecule has 0 unspecified atom stereocenters. The average molecular weight is 270 g/mol. The summed E-state index contributed by atoms with van der Waals surface area (Å²) in [6, 6.07) is 0. The fraction of sp³-hybridized carbons (Fsp3) is 0.636. The van der Waals surface area contributed by atoms with Gasteiger partial charge in [0.15, 0.2) is 11.0 Å². The molecule has 0 fully saturated rings. The Morgan fingerprint density at radius 2 is 2.33 bits per heavy atom. The highest BCUT2D eigenvalue weighted by Gasteiger charge is 2.33. The lowest BCUT2D eigenvalue weighted by Gasteiger charge is -2.25. The number of carbonyl (C=O) groups is 1. The van der Waals surface area contributed by atoms with E-state index in [4.69, 9.17) is 4.84 Å². The molecule has 0 aromatic carbocycles. The first-order valence-corrected chi connectivity index (χ1v) is 6.83. The van der Waals surface area contributed by atoms with E-state index in [1.807, 2.05) is 0 Å². The first-order chi connectivity index (χ1) is 8.63. The van der Waals surface area contributed by atoms with Crippen LogP contribution in [0.15, 0.2) is 15.7 Å². The van der Waals surface area contributed by atoms with E-state index in [2.05, 4.69) is 34.5 Å². The van der Waals surface area contributed by atoms with Crippen LogP contribution < -0.4 is 10.8 Å². The first kappa shape index (κ1) is 13.1. The minimum absolute atomic E-state index is 0.360. The highest BCUT2D eigenvalue weighted by atomic mass is 32.2. The number of amides is 1. The van der Waals surface area contributed by atoms with E-state index >= 15 is 0 Å². The molecule has 0 saturated heterocycles. The Morgan fingerprint density at radius 3 is 3.00 bits per heavy atom. The van der Waals surface area contributed by atoms with Crippen LogP contribution in [-0.2, 0) is 4.84 Å². The van der Waals surface area contributed by atoms with Gasteiger partial charge in [-0.1, -0.05) is 25.6 Å². The van der Waals surface area contributed by atoms with Crippen LogP contribution in [0, 0.1) is 5.92 Å². The van der Waals surface area contributed by atoms with Gasteiger partial charge < -0.3 is 15.1 Å². The number of amidine groups is 1. The molecule has 0 radical (unpaired) electrons. The number of fused-ring (bicyclic) bond motifs is 1. The van der Waals surface area contributed by atoms with E-state index in [0.717, 1.165) is 35.4 Å². The zero-order valence-electron chi connectivity index (χ0n) is 10.8. The van der Waals surface area contributed by atoms with Gasteiger partial charge in [0.1, 0.15) is 0 Å². The van der Waals surface area contributed by atoms with Gasteiger partial charge in [-0.3, -0.25) is 4.99 Å². The molecule has 0 aliphatic carbocycles. The molecule has 0 saturated carbocycles. The lowest BCUT2D eigenvalue weighted by Crippen LogP contribution is -2.37. The summed E-state index contributed by atoms with van der Waals surface area (Å²) in [6.07, 6.45) is 0.513. The average Bonchev–Trinajstić information content (AvgIpc) is 2.75. The van der Waals surface area contributed by atoms with Gasteiger partial charge in [0.2, 0.25) is 0 Å². The van der Waals surface area contributed by atoms with Crippen LogP contribution in [0.1, 0.15) is 20.3 Å². The maximum absolute atomic E-state index is 11.1. The summed E-state index contributed by atoms with van der Waals surface area (Å²) in [7, 11) is 1.53. The number of nitrogens with one attached hydrogen (secondary N) is 2. The fourth-order valence-electron chi connectivity index (χ4n) is 1.80. The summed E-state index contributed by atoms with van der Waals surface area (Å²) in [5, 5.41) is 3.40. The van der Waals surface area contributed by atoms with Crippen LogP contribution in [0.5, 0.6) is 0 Å². The molecule has 0 bridgehead atoms. The number of allylic oxidation sites excluding steroid dienone is 1. The van der Waals surface area contributed by atoms with Gasteiger partial charge in [-0.2, -0.15) is 5.48 Å². The molecule has 18 heavy (non-hydrogen) atoms. The van der Waals surface area contributed by atoms with Crippen LogP contribution in [0.2, 0.25) is 0 Å². The Labute approximate surface area is 111 Å². The molecule has 7 heteroatoms. The molecule has 1 amide bonds. The lowest BCUT2D eigenvalue weighted by atomic mass is 10.2. The molecule has 100 valence electrons. The van der Waals surface area contributed by atoms with Gasteiger partial charge >= 0.3 is 6.09 Å². The Kier molecular flexibility index (Phi) is 4.00. The third-order valence-corrected chi connectivity index (χ3v) is 4.11. The van der Waals surface area contributed by atoms with Gasteiger partial charge in [0.25, 0.3) is 0 Å². The molecule has 2 heterocycles. The van der Waals surface area contributed by atoms with E-state index < -0.39 is 6.09 Å². The van der Waals surface area contributed by atoms with E-state index in [1.165, 1.54) is 7.05 Å². The van der Waals surface area contributed by atoms with Crippen LogP contribution >= 0.6 is 11.8 Å². The molecule has 2 rings (SSSR count). The van der Waals surface area contributed by atoms with Crippen LogP contribution in [0.3, 0.4) is 0 Å². The Bertz CT molecular complexity index is 406. The zero-order valence-corrected chi connectivity index (χ0v) is 11.6. The number of thioether (sulfide) groups is 1. The molecular formula is C11H18N4O2S. The summed E-state index contributed by atoms with van der Waals surface area (Å²) in [5.74, 6) is 1.20. The second-order valence-electron chi connectivity index (χ2n) is 4.38. The summed E-state index contributed by atoms with van der Waals surface area (Å²) in [4.78, 5) is 23.8. The highest BCUT2D eigenvalue weighted by molar-refractivity contribution is 8.17. The molecule has 0 atom stereocenters. The monoisotopic (exact) mass is 270 g/mol. The molecule has 0 aromatic rings. The zero-order chi connectivity index (χ0) is 13.1. The summed E-state index contributed by atoms with van der Waals surface area (Å²) >= 11 is 1.65. The fourth-order valence-corrected chi connectivity index (χ4v) is 2.93. The number of hydroxylamine groups is 1. The SMILES string of the molecule is CNC(=O)ONC1=C(C(C)C)SC2=NCCCN21. The highest BCUT2D eigenvalue weighted by Crippen LogP contribution is 2.38. The number of hydrogen-bond acceptors (Lipinski definition) is 6. The normalized spacial score (nSPS) is 18.7. The largest absolute Gasteiger partial charge is 0.431 e. The van der Waals surface area contributed by atoms with Crippen molar-refractivity contribution in [3.8, 4) is 0 Å². The van der Waals surface area contributed by atoms with Crippen molar-refractivity contribution in [1.29, 1.82) is 0 Å². The van der Waals surface area contributed by atoms with Crippen molar-refractivity contribution in [2.75, 3.05) is 20.1 Å². The second-order valence-corrected chi connectivity index (χ2v) is 5.39. The summed E-state index contributed by atoms with van der Waals surface area (Å²) < 4.78 is 0. The summed E-state index contributed by atoms with van der Waals surface area (Å²) in [6.45, 7) is 6.00. The molecule has 2 N–H and O–H groups in total. The van der Waals surface area contributed by atoms with Crippen LogP contribution in [0.4, 0.5) is 4.79 Å². The molecular weight excluding hydrogens is 252 g/mol. The van der Waals surface area contributed by atoms with Gasteiger partial charge in [0, 0.05) is 25.0 Å². The van der Waals surface area contributed by atoms with Crippen molar-refractivity contribution in [3.63, 3.8) is 0 Å². The third-order valence-electron chi connectivity index (χ3n) is 2.69. The van der Waals surface area contributed by atoms with Gasteiger partial charge in [0.05, 0.1) is 0 Å². The van der Waals surface area contributed by atoms with Crippen LogP contribution in [0.25, 0.3) is 0 Å². The van der Waals surface area contributed by atoms with E-state index in [9.17, 15) is 4.79 Å². The summed E-state index contributed by atoms with van der Waals surface area (Å²) in [5.41, 5.74) is 2.75. The lowest BCUT2D eigenvalue weighted by molar-refractivity contribution is 0.0955. The van der Waals surface area contributed by atoms with Gasteiger partial charge in [-0.25, -0.2) is 4.79 Å². The minimum Gasteiger partial charge on any atom is -0.323 e. The molecule has 0 aromatic heterocycles. The molecule has 6 nitrogen and oxygen atoms in total. The van der Waals surface area contributed by atoms with E-state index in [-0.39, 0.29) is 0 Å². The number of hydrogen-bond donors (Lipinski definition) is 2. The number of carbonyl (C=O) groups excluding carboxylic acids is 1. The van der Waals surface area contributed by atoms with Crippen molar-refractivity contribution in [2.24, 2.45) is 10.9 Å². The maximum Gasteiger partial charge on any atom is 0.431 e. The standard InChI is InChI=1S/C11H18N4O2S/c1-7(2)8-9(14-17-11(16)12-3)15-6-4-5-13-10(15)18-8/h7,14H,4-6H2,1-3H3,(H,12,16). The third kappa shape index (κ3) is 2.55. The quantitative estimate of drug-likeness (QED) is 0.760. The second kappa shape index (κ2) is 5.51. The van der Waals surface area contributed by atoms with Crippen molar-refractivity contribution < 1.29 is 9.63 Å². The Morgan fingerprint density at radius 1 is 1.56 bits per heavy atom. The van der Waals surface area contributed by atoms with Crippen molar-refractivity contribution in [3.05, 3.63) is 10.7 Å². The van der Waals surface area contributed by atoms with E-state index in [1.54, 1.807) is 11.8 Å². The first-order valence-electron chi connectivity index (χ1n) is 6.02. The number of rotatable bonds is 3. The van der Waals surface area contributed by atoms with Gasteiger partial charge in [-0.15, -0.1) is 0 Å². The topological polar surface area (TPSA) is 66.0 Å². The van der Waals surface area contributed by atoms with Crippen molar-refractivity contribution in [1.82, 2.24) is 15.7 Å². The van der Waals surface area contributed by atoms with Gasteiger partial charge in [-0.05, 0) is 12.3 Å². The molecule has 0 spiro atoms. The van der Waals surface area contributed by atoms with Crippen LogP contribution in [-0.4, -0.2) is 36.3 Å². The van der Waals surface area contributed by atoms with E-state index in [0.29, 0.717) is 5.92 Å². The number of nitrogens with zero attached hydrogens (tertiary/aromatic N) is 2. The predicted molar refractivity (Wildman–Crippen MR) is 71.8 cm³/mol. The Hall–Kier alpha value is -1.37. The van der Waals surface area contributed by atoms with Crippen molar-refractivity contribution >= 4 is 23.0 Å². The minimum atomic E-state index is -0.502. The smallest absolute Gasteiger partial charge is 0.323 e. The number of aliphatic imine (C=N–C) groups is 1. The molecule has 2 aliphatic rings. The maximum atomic E-state index is 11.1. The Balaban J connectivity index is 2.15.